The molecular formula is C18H18FNO. The van der Waals surface area contributed by atoms with Crippen molar-refractivity contribution < 1.29 is 9.13 Å². The van der Waals surface area contributed by atoms with Crippen molar-refractivity contribution in [3.05, 3.63) is 65.0 Å². The minimum Gasteiger partial charge on any atom is -0.485 e. The molecule has 1 aliphatic carbocycles. The van der Waals surface area contributed by atoms with Crippen LogP contribution in [0.2, 0.25) is 0 Å². The summed E-state index contributed by atoms with van der Waals surface area (Å²) in [6.45, 7) is 0. The lowest BCUT2D eigenvalue weighted by Gasteiger charge is -2.31. The van der Waals surface area contributed by atoms with E-state index in [4.69, 9.17) is 10.5 Å². The highest BCUT2D eigenvalue weighted by molar-refractivity contribution is 5.42. The zero-order valence-electron chi connectivity index (χ0n) is 11.8. The van der Waals surface area contributed by atoms with E-state index in [0.29, 0.717) is 11.7 Å². The molecule has 4 rings (SSSR count). The Labute approximate surface area is 123 Å². The van der Waals surface area contributed by atoms with Crippen LogP contribution in [0.3, 0.4) is 0 Å². The van der Waals surface area contributed by atoms with Gasteiger partial charge in [-0.25, -0.2) is 4.39 Å². The molecule has 21 heavy (non-hydrogen) atoms. The van der Waals surface area contributed by atoms with Crippen LogP contribution < -0.4 is 10.5 Å². The lowest BCUT2D eigenvalue weighted by Crippen LogP contribution is -2.24. The molecule has 2 aromatic rings. The van der Waals surface area contributed by atoms with Gasteiger partial charge in [-0.1, -0.05) is 30.3 Å². The van der Waals surface area contributed by atoms with Crippen LogP contribution in [0, 0.1) is 5.82 Å². The number of halogens is 1. The molecule has 2 N–H and O–H groups in total. The molecule has 0 radical (unpaired) electrons. The van der Waals surface area contributed by atoms with Crippen LogP contribution >= 0.6 is 0 Å². The average Bonchev–Trinajstić information content (AvgIpc) is 3.31. The van der Waals surface area contributed by atoms with Gasteiger partial charge in [0.15, 0.2) is 0 Å². The second-order valence-electron chi connectivity index (χ2n) is 6.03. The summed E-state index contributed by atoms with van der Waals surface area (Å²) >= 11 is 0. The zero-order valence-corrected chi connectivity index (χ0v) is 11.8. The predicted octanol–water partition coefficient (Wildman–Crippen LogP) is 4.23. The number of hydrogen-bond donors (Lipinski definition) is 1. The van der Waals surface area contributed by atoms with Crippen LogP contribution in [0.15, 0.2) is 42.5 Å². The fourth-order valence-corrected chi connectivity index (χ4v) is 3.24. The quantitative estimate of drug-likeness (QED) is 0.895. The topological polar surface area (TPSA) is 35.2 Å². The molecule has 1 unspecified atom stereocenters. The van der Waals surface area contributed by atoms with Gasteiger partial charge in [0.05, 0.1) is 0 Å². The molecule has 1 aliphatic heterocycles. The Hall–Kier alpha value is -1.87. The van der Waals surface area contributed by atoms with Gasteiger partial charge in [0.25, 0.3) is 0 Å². The molecule has 2 nitrogen and oxygen atoms in total. The van der Waals surface area contributed by atoms with E-state index in [0.717, 1.165) is 12.0 Å². The van der Waals surface area contributed by atoms with Crippen molar-refractivity contribution in [2.75, 3.05) is 0 Å². The highest BCUT2D eigenvalue weighted by Crippen LogP contribution is 2.46. The van der Waals surface area contributed by atoms with E-state index in [1.165, 1.54) is 36.1 Å². The second-order valence-corrected chi connectivity index (χ2v) is 6.03. The molecule has 0 bridgehead atoms. The van der Waals surface area contributed by atoms with Gasteiger partial charge in [0, 0.05) is 24.1 Å². The Balaban J connectivity index is 1.72. The van der Waals surface area contributed by atoms with Gasteiger partial charge in [-0.05, 0) is 36.0 Å². The van der Waals surface area contributed by atoms with E-state index in [1.807, 2.05) is 6.07 Å². The average molecular weight is 283 g/mol. The van der Waals surface area contributed by atoms with Crippen molar-refractivity contribution in [2.45, 2.75) is 37.3 Å². The monoisotopic (exact) mass is 283 g/mol. The maximum absolute atomic E-state index is 13.4. The molecular weight excluding hydrogens is 265 g/mol. The highest BCUT2D eigenvalue weighted by atomic mass is 19.1. The van der Waals surface area contributed by atoms with Crippen LogP contribution in [0.5, 0.6) is 5.75 Å². The minimum absolute atomic E-state index is 0.0777. The van der Waals surface area contributed by atoms with E-state index < -0.39 is 0 Å². The van der Waals surface area contributed by atoms with Crippen molar-refractivity contribution in [2.24, 2.45) is 5.73 Å². The number of ether oxygens (including phenoxy) is 1. The summed E-state index contributed by atoms with van der Waals surface area (Å²) in [4.78, 5) is 0. The van der Waals surface area contributed by atoms with E-state index >= 15 is 0 Å². The fourth-order valence-electron chi connectivity index (χ4n) is 3.24. The highest BCUT2D eigenvalue weighted by Gasteiger charge is 2.32. The van der Waals surface area contributed by atoms with Gasteiger partial charge < -0.3 is 10.5 Å². The summed E-state index contributed by atoms with van der Waals surface area (Å²) in [6, 6.07) is 12.9. The molecule has 2 aromatic carbocycles. The van der Waals surface area contributed by atoms with Gasteiger partial charge in [-0.3, -0.25) is 0 Å². The Morgan fingerprint density at radius 2 is 1.76 bits per heavy atom. The number of benzene rings is 2. The lowest BCUT2D eigenvalue weighted by atomic mass is 9.90. The van der Waals surface area contributed by atoms with E-state index in [2.05, 4.69) is 18.2 Å². The van der Waals surface area contributed by atoms with E-state index in [-0.39, 0.29) is 18.0 Å². The van der Waals surface area contributed by atoms with Crippen LogP contribution in [0.25, 0.3) is 0 Å². The van der Waals surface area contributed by atoms with Gasteiger partial charge in [0.1, 0.15) is 17.7 Å². The first-order valence-corrected chi connectivity index (χ1v) is 7.53. The molecule has 2 aliphatic rings. The first kappa shape index (κ1) is 12.8. The van der Waals surface area contributed by atoms with Gasteiger partial charge >= 0.3 is 0 Å². The third-order valence-corrected chi connectivity index (χ3v) is 4.47. The van der Waals surface area contributed by atoms with Crippen molar-refractivity contribution in [3.63, 3.8) is 0 Å². The molecule has 108 valence electrons. The molecule has 0 amide bonds. The van der Waals surface area contributed by atoms with Crippen molar-refractivity contribution in [3.8, 4) is 5.75 Å². The summed E-state index contributed by atoms with van der Waals surface area (Å²) in [6.07, 6.45) is 3.16. The molecule has 1 heterocycles. The maximum atomic E-state index is 13.4. The predicted molar refractivity (Wildman–Crippen MR) is 79.7 cm³/mol. The largest absolute Gasteiger partial charge is 0.485 e. The first-order chi connectivity index (χ1) is 10.2. The summed E-state index contributed by atoms with van der Waals surface area (Å²) in [5.41, 5.74) is 9.75. The van der Waals surface area contributed by atoms with Crippen LogP contribution in [-0.2, 0) is 0 Å². The van der Waals surface area contributed by atoms with E-state index in [9.17, 15) is 4.39 Å². The molecule has 2 atom stereocenters. The van der Waals surface area contributed by atoms with Gasteiger partial charge in [-0.2, -0.15) is 0 Å². The van der Waals surface area contributed by atoms with Crippen LogP contribution in [0.4, 0.5) is 4.39 Å². The lowest BCUT2D eigenvalue weighted by molar-refractivity contribution is 0.160. The van der Waals surface area contributed by atoms with Crippen molar-refractivity contribution >= 4 is 0 Å². The Morgan fingerprint density at radius 1 is 1.00 bits per heavy atom. The standard InChI is InChI=1S/C18H18FNO/c19-12-7-8-15-16(20)10-18(21-17(15)9-12)14-4-2-1-3-13(14)11-5-6-11/h1-4,7-9,11,16,18H,5-6,10,20H2/t16-,18?/m0/s1. The number of nitrogens with two attached hydrogens (primary N) is 1. The summed E-state index contributed by atoms with van der Waals surface area (Å²) < 4.78 is 19.5. The van der Waals surface area contributed by atoms with Crippen molar-refractivity contribution in [1.82, 2.24) is 0 Å². The Kier molecular flexibility index (Phi) is 2.96. The van der Waals surface area contributed by atoms with Crippen LogP contribution in [0.1, 0.15) is 54.0 Å². The maximum Gasteiger partial charge on any atom is 0.127 e. The summed E-state index contributed by atoms with van der Waals surface area (Å²) in [7, 11) is 0. The molecule has 3 heteroatoms. The third-order valence-electron chi connectivity index (χ3n) is 4.47. The Bertz CT molecular complexity index is 681. The summed E-state index contributed by atoms with van der Waals surface area (Å²) in [5.74, 6) is 0.969. The number of hydrogen-bond acceptors (Lipinski definition) is 2. The fraction of sp³-hybridized carbons (Fsp3) is 0.333. The number of rotatable bonds is 2. The molecule has 0 aromatic heterocycles. The first-order valence-electron chi connectivity index (χ1n) is 7.53. The van der Waals surface area contributed by atoms with Crippen LogP contribution in [-0.4, -0.2) is 0 Å². The zero-order chi connectivity index (χ0) is 14.4. The van der Waals surface area contributed by atoms with Gasteiger partial charge in [-0.15, -0.1) is 0 Å². The molecule has 0 saturated heterocycles. The normalized spacial score (nSPS) is 24.3. The minimum atomic E-state index is -0.280. The van der Waals surface area contributed by atoms with Crippen molar-refractivity contribution in [1.29, 1.82) is 0 Å². The molecule has 0 spiro atoms. The molecule has 1 fully saturated rings. The smallest absolute Gasteiger partial charge is 0.127 e. The van der Waals surface area contributed by atoms with E-state index in [1.54, 1.807) is 6.07 Å². The van der Waals surface area contributed by atoms with Gasteiger partial charge in [0.2, 0.25) is 0 Å². The molecule has 1 saturated carbocycles. The second kappa shape index (κ2) is 4.85. The Morgan fingerprint density at radius 3 is 2.52 bits per heavy atom. The number of fused-ring (bicyclic) bond motifs is 1. The summed E-state index contributed by atoms with van der Waals surface area (Å²) in [5, 5.41) is 0. The third kappa shape index (κ3) is 2.32. The SMILES string of the molecule is N[C@H]1CC(c2ccccc2C2CC2)Oc2cc(F)ccc21.